The van der Waals surface area contributed by atoms with Crippen molar-refractivity contribution in [3.63, 3.8) is 0 Å². The first-order valence-corrected chi connectivity index (χ1v) is 7.92. The van der Waals surface area contributed by atoms with Crippen molar-refractivity contribution in [2.75, 3.05) is 11.1 Å². The summed E-state index contributed by atoms with van der Waals surface area (Å²) in [6.07, 6.45) is 0.498. The summed E-state index contributed by atoms with van der Waals surface area (Å²) in [7, 11) is 0. The number of nitrogens with zero attached hydrogens (tertiary/aromatic N) is 1. The van der Waals surface area contributed by atoms with Crippen molar-refractivity contribution < 1.29 is 4.79 Å². The molecule has 3 nitrogen and oxygen atoms in total. The van der Waals surface area contributed by atoms with Gasteiger partial charge in [0.05, 0.1) is 0 Å². The Morgan fingerprint density at radius 1 is 1.37 bits per heavy atom. The molecule has 0 unspecified atom stereocenters. The zero-order valence-corrected chi connectivity index (χ0v) is 12.6. The molecule has 100 valence electrons. The Morgan fingerprint density at radius 3 is 2.84 bits per heavy atom. The second-order valence-electron chi connectivity index (χ2n) is 4.22. The van der Waals surface area contributed by atoms with Crippen LogP contribution in [0.15, 0.2) is 34.0 Å². The van der Waals surface area contributed by atoms with Crippen LogP contribution >= 0.6 is 23.1 Å². The highest BCUT2D eigenvalue weighted by Gasteiger charge is 2.05. The van der Waals surface area contributed by atoms with Crippen LogP contribution in [0.1, 0.15) is 17.7 Å². The maximum atomic E-state index is 11.8. The van der Waals surface area contributed by atoms with Gasteiger partial charge in [-0.3, -0.25) is 4.79 Å². The number of hydrogen-bond donors (Lipinski definition) is 1. The first kappa shape index (κ1) is 14.1. The Kier molecular flexibility index (Phi) is 4.99. The number of hydrogen-bond acceptors (Lipinski definition) is 4. The summed E-state index contributed by atoms with van der Waals surface area (Å²) >= 11 is 3.26. The standard InChI is InChI=1S/C14H16N2OS2/c1-10-5-3-4-6-12(10)16-13(17)7-8-18-14-15-11(2)9-19-14/h3-6,9H,7-8H2,1-2H3,(H,16,17). The lowest BCUT2D eigenvalue weighted by molar-refractivity contribution is -0.115. The van der Waals surface area contributed by atoms with Gasteiger partial charge in [0.25, 0.3) is 0 Å². The lowest BCUT2D eigenvalue weighted by Crippen LogP contribution is -2.12. The second-order valence-corrected chi connectivity index (χ2v) is 6.42. The van der Waals surface area contributed by atoms with Crippen LogP contribution in [0.25, 0.3) is 0 Å². The summed E-state index contributed by atoms with van der Waals surface area (Å²) in [6, 6.07) is 7.80. The topological polar surface area (TPSA) is 42.0 Å². The number of thioether (sulfide) groups is 1. The number of amides is 1. The van der Waals surface area contributed by atoms with Crippen LogP contribution in [0, 0.1) is 13.8 Å². The Morgan fingerprint density at radius 2 is 2.16 bits per heavy atom. The van der Waals surface area contributed by atoms with Gasteiger partial charge in [0.2, 0.25) is 5.91 Å². The van der Waals surface area contributed by atoms with Crippen LogP contribution in [0.5, 0.6) is 0 Å². The summed E-state index contributed by atoms with van der Waals surface area (Å²) in [4.78, 5) is 16.2. The largest absolute Gasteiger partial charge is 0.326 e. The summed E-state index contributed by atoms with van der Waals surface area (Å²) in [5.74, 6) is 0.806. The van der Waals surface area contributed by atoms with Crippen molar-refractivity contribution in [1.82, 2.24) is 4.98 Å². The molecule has 0 spiro atoms. The number of para-hydroxylation sites is 1. The molecule has 0 saturated heterocycles. The highest BCUT2D eigenvalue weighted by Crippen LogP contribution is 2.23. The molecule has 2 aromatic rings. The molecule has 0 radical (unpaired) electrons. The van der Waals surface area contributed by atoms with E-state index in [2.05, 4.69) is 10.3 Å². The second kappa shape index (κ2) is 6.73. The van der Waals surface area contributed by atoms with E-state index in [4.69, 9.17) is 0 Å². The molecular weight excluding hydrogens is 276 g/mol. The lowest BCUT2D eigenvalue weighted by Gasteiger charge is -2.07. The molecule has 1 aromatic carbocycles. The molecule has 19 heavy (non-hydrogen) atoms. The third kappa shape index (κ3) is 4.36. The van der Waals surface area contributed by atoms with Crippen LogP contribution in [0.4, 0.5) is 5.69 Å². The van der Waals surface area contributed by atoms with Crippen LogP contribution in [-0.4, -0.2) is 16.6 Å². The Hall–Kier alpha value is -1.33. The number of anilines is 1. The van der Waals surface area contributed by atoms with Crippen molar-refractivity contribution in [3.05, 3.63) is 40.9 Å². The van der Waals surface area contributed by atoms with Gasteiger partial charge in [0.1, 0.15) is 4.34 Å². The van der Waals surface area contributed by atoms with E-state index < -0.39 is 0 Å². The number of thiazole rings is 1. The average molecular weight is 292 g/mol. The van der Waals surface area contributed by atoms with E-state index >= 15 is 0 Å². The zero-order chi connectivity index (χ0) is 13.7. The molecule has 0 bridgehead atoms. The molecule has 1 heterocycles. The third-order valence-electron chi connectivity index (χ3n) is 2.57. The van der Waals surface area contributed by atoms with Gasteiger partial charge in [-0.05, 0) is 25.5 Å². The molecule has 1 N–H and O–H groups in total. The normalized spacial score (nSPS) is 10.4. The van der Waals surface area contributed by atoms with Gasteiger partial charge >= 0.3 is 0 Å². The first-order valence-electron chi connectivity index (χ1n) is 6.05. The van der Waals surface area contributed by atoms with Crippen molar-refractivity contribution >= 4 is 34.7 Å². The van der Waals surface area contributed by atoms with Gasteiger partial charge in [-0.25, -0.2) is 4.98 Å². The van der Waals surface area contributed by atoms with Crippen LogP contribution < -0.4 is 5.32 Å². The van der Waals surface area contributed by atoms with Gasteiger partial charge < -0.3 is 5.32 Å². The molecule has 0 saturated carbocycles. The highest BCUT2D eigenvalue weighted by atomic mass is 32.2. The minimum Gasteiger partial charge on any atom is -0.326 e. The predicted octanol–water partition coefficient (Wildman–Crippen LogP) is 3.88. The van der Waals surface area contributed by atoms with Crippen molar-refractivity contribution in [1.29, 1.82) is 0 Å². The molecule has 0 fully saturated rings. The summed E-state index contributed by atoms with van der Waals surface area (Å²) in [5.41, 5.74) is 3.01. The number of nitrogens with one attached hydrogen (secondary N) is 1. The van der Waals surface area contributed by atoms with Crippen LogP contribution in [0.3, 0.4) is 0 Å². The summed E-state index contributed by atoms with van der Waals surface area (Å²) < 4.78 is 1.03. The number of benzene rings is 1. The zero-order valence-electron chi connectivity index (χ0n) is 11.0. The molecule has 0 atom stereocenters. The van der Waals surface area contributed by atoms with Gasteiger partial charge in [0, 0.05) is 28.9 Å². The van der Waals surface area contributed by atoms with Crippen molar-refractivity contribution in [2.24, 2.45) is 0 Å². The molecule has 0 aliphatic heterocycles. The predicted molar refractivity (Wildman–Crippen MR) is 82.0 cm³/mol. The Bertz CT molecular complexity index is 566. The number of carbonyl (C=O) groups excluding carboxylic acids is 1. The van der Waals surface area contributed by atoms with Gasteiger partial charge in [-0.15, -0.1) is 11.3 Å². The quantitative estimate of drug-likeness (QED) is 0.850. The smallest absolute Gasteiger partial charge is 0.225 e. The van der Waals surface area contributed by atoms with Gasteiger partial charge in [-0.2, -0.15) is 0 Å². The minimum atomic E-state index is 0.0510. The Balaban J connectivity index is 1.77. The number of aryl methyl sites for hydroxylation is 2. The van der Waals surface area contributed by atoms with Crippen molar-refractivity contribution in [2.45, 2.75) is 24.6 Å². The third-order valence-corrected chi connectivity index (χ3v) is 4.71. The number of aromatic nitrogens is 1. The number of rotatable bonds is 5. The summed E-state index contributed by atoms with van der Waals surface area (Å²) in [6.45, 7) is 3.97. The minimum absolute atomic E-state index is 0.0510. The fourth-order valence-electron chi connectivity index (χ4n) is 1.56. The van der Waals surface area contributed by atoms with E-state index in [9.17, 15) is 4.79 Å². The van der Waals surface area contributed by atoms with Crippen molar-refractivity contribution in [3.8, 4) is 0 Å². The lowest BCUT2D eigenvalue weighted by atomic mass is 10.2. The highest BCUT2D eigenvalue weighted by molar-refractivity contribution is 8.01. The maximum Gasteiger partial charge on any atom is 0.225 e. The van der Waals surface area contributed by atoms with E-state index in [1.807, 2.05) is 43.5 Å². The maximum absolute atomic E-state index is 11.8. The molecule has 5 heteroatoms. The van der Waals surface area contributed by atoms with Gasteiger partial charge in [0.15, 0.2) is 0 Å². The fraction of sp³-hybridized carbons (Fsp3) is 0.286. The number of carbonyl (C=O) groups is 1. The molecule has 2 rings (SSSR count). The first-order chi connectivity index (χ1) is 9.15. The molecule has 0 aliphatic carbocycles. The van der Waals surface area contributed by atoms with E-state index in [-0.39, 0.29) is 5.91 Å². The summed E-state index contributed by atoms with van der Waals surface area (Å²) in [5, 5.41) is 4.96. The van der Waals surface area contributed by atoms with Gasteiger partial charge in [-0.1, -0.05) is 30.0 Å². The monoisotopic (exact) mass is 292 g/mol. The average Bonchev–Trinajstić information content (AvgIpc) is 2.78. The van der Waals surface area contributed by atoms with E-state index in [1.54, 1.807) is 23.1 Å². The SMILES string of the molecule is Cc1csc(SCCC(=O)Nc2ccccc2C)n1. The molecule has 0 aliphatic rings. The Labute approximate surface area is 121 Å². The van der Waals surface area contributed by atoms with Crippen LogP contribution in [0.2, 0.25) is 0 Å². The van der Waals surface area contributed by atoms with Crippen LogP contribution in [-0.2, 0) is 4.79 Å². The molecule has 1 amide bonds. The molecular formula is C14H16N2OS2. The fourth-order valence-corrected chi connectivity index (χ4v) is 3.41. The van der Waals surface area contributed by atoms with E-state index in [1.165, 1.54) is 0 Å². The van der Waals surface area contributed by atoms with E-state index in [0.29, 0.717) is 6.42 Å². The van der Waals surface area contributed by atoms with E-state index in [0.717, 1.165) is 27.0 Å². The molecule has 1 aromatic heterocycles.